The summed E-state index contributed by atoms with van der Waals surface area (Å²) in [5.74, 6) is 0.550. The average Bonchev–Trinajstić information content (AvgIpc) is 2.64. The van der Waals surface area contributed by atoms with Crippen LogP contribution in [0.2, 0.25) is 0 Å². The van der Waals surface area contributed by atoms with Crippen LogP contribution in [-0.4, -0.2) is 24.2 Å². The van der Waals surface area contributed by atoms with Crippen LogP contribution in [0.15, 0.2) is 66.7 Å². The van der Waals surface area contributed by atoms with Gasteiger partial charge in [0.25, 0.3) is 5.91 Å². The summed E-state index contributed by atoms with van der Waals surface area (Å²) in [6, 6.07) is 21.0. The van der Waals surface area contributed by atoms with Gasteiger partial charge in [-0.05, 0) is 22.9 Å². The van der Waals surface area contributed by atoms with Gasteiger partial charge in [0.15, 0.2) is 0 Å². The maximum atomic E-state index is 12.6. The zero-order chi connectivity index (χ0) is 16.8. The van der Waals surface area contributed by atoms with Gasteiger partial charge in [0.2, 0.25) is 0 Å². The molecule has 3 aromatic rings. The summed E-state index contributed by atoms with van der Waals surface area (Å²) in [7, 11) is 0. The third-order valence-corrected chi connectivity index (χ3v) is 3.80. The second-order valence-electron chi connectivity index (χ2n) is 5.39. The van der Waals surface area contributed by atoms with E-state index in [0.717, 1.165) is 16.3 Å². The SMILES string of the molecule is O=C(NCc1ccccc1OCCO)c1cccc2ccccc12. The molecule has 3 rings (SSSR count). The number of hydrogen-bond donors (Lipinski definition) is 2. The van der Waals surface area contributed by atoms with Crippen LogP contribution in [0.5, 0.6) is 5.75 Å². The summed E-state index contributed by atoms with van der Waals surface area (Å²) < 4.78 is 5.49. The number of amides is 1. The van der Waals surface area contributed by atoms with Crippen LogP contribution in [0, 0.1) is 0 Å². The first-order chi connectivity index (χ1) is 11.8. The standard InChI is InChI=1S/C20H19NO3/c22-12-13-24-19-11-4-2-7-16(19)14-21-20(23)18-10-5-8-15-6-1-3-9-17(15)18/h1-11,22H,12-14H2,(H,21,23). The number of fused-ring (bicyclic) bond motifs is 1. The molecule has 0 spiro atoms. The summed E-state index contributed by atoms with van der Waals surface area (Å²) >= 11 is 0. The van der Waals surface area contributed by atoms with E-state index in [-0.39, 0.29) is 19.1 Å². The molecule has 0 unspecified atom stereocenters. The number of carbonyl (C=O) groups excluding carboxylic acids is 1. The first kappa shape index (κ1) is 16.0. The van der Waals surface area contributed by atoms with Crippen molar-refractivity contribution < 1.29 is 14.6 Å². The highest BCUT2D eigenvalue weighted by atomic mass is 16.5. The van der Waals surface area contributed by atoms with Crippen LogP contribution >= 0.6 is 0 Å². The fraction of sp³-hybridized carbons (Fsp3) is 0.150. The van der Waals surface area contributed by atoms with E-state index in [1.165, 1.54) is 0 Å². The number of aliphatic hydroxyl groups excluding tert-OH is 1. The highest BCUT2D eigenvalue weighted by Gasteiger charge is 2.10. The molecule has 0 heterocycles. The average molecular weight is 321 g/mol. The van der Waals surface area contributed by atoms with Crippen molar-refractivity contribution >= 4 is 16.7 Å². The summed E-state index contributed by atoms with van der Waals surface area (Å²) in [6.45, 7) is 0.550. The maximum absolute atomic E-state index is 12.6. The van der Waals surface area contributed by atoms with Gasteiger partial charge in [0.05, 0.1) is 6.61 Å². The van der Waals surface area contributed by atoms with Crippen molar-refractivity contribution in [1.29, 1.82) is 0 Å². The second-order valence-corrected chi connectivity index (χ2v) is 5.39. The highest BCUT2D eigenvalue weighted by molar-refractivity contribution is 6.06. The first-order valence-corrected chi connectivity index (χ1v) is 7.87. The lowest BCUT2D eigenvalue weighted by Crippen LogP contribution is -2.23. The second kappa shape index (κ2) is 7.62. The molecule has 122 valence electrons. The summed E-state index contributed by atoms with van der Waals surface area (Å²) in [4.78, 5) is 12.6. The van der Waals surface area contributed by atoms with Gasteiger partial charge < -0.3 is 15.2 Å². The Hall–Kier alpha value is -2.85. The highest BCUT2D eigenvalue weighted by Crippen LogP contribution is 2.20. The fourth-order valence-electron chi connectivity index (χ4n) is 2.64. The molecular weight excluding hydrogens is 302 g/mol. The van der Waals surface area contributed by atoms with E-state index in [0.29, 0.717) is 17.9 Å². The van der Waals surface area contributed by atoms with Crippen molar-refractivity contribution in [3.8, 4) is 5.75 Å². The van der Waals surface area contributed by atoms with E-state index in [9.17, 15) is 4.79 Å². The number of rotatable bonds is 6. The topological polar surface area (TPSA) is 58.6 Å². The predicted molar refractivity (Wildman–Crippen MR) is 94.1 cm³/mol. The van der Waals surface area contributed by atoms with E-state index in [2.05, 4.69) is 5.32 Å². The van der Waals surface area contributed by atoms with E-state index < -0.39 is 0 Å². The van der Waals surface area contributed by atoms with Crippen LogP contribution < -0.4 is 10.1 Å². The molecule has 0 fully saturated rings. The van der Waals surface area contributed by atoms with Gasteiger partial charge in [0.1, 0.15) is 12.4 Å². The van der Waals surface area contributed by atoms with Crippen molar-refractivity contribution in [3.63, 3.8) is 0 Å². The minimum absolute atomic E-state index is 0.0449. The van der Waals surface area contributed by atoms with Crippen LogP contribution in [0.4, 0.5) is 0 Å². The Morgan fingerprint density at radius 2 is 1.71 bits per heavy atom. The van der Waals surface area contributed by atoms with Crippen LogP contribution in [0.1, 0.15) is 15.9 Å². The zero-order valence-corrected chi connectivity index (χ0v) is 13.2. The van der Waals surface area contributed by atoms with Crippen molar-refractivity contribution in [2.24, 2.45) is 0 Å². The maximum Gasteiger partial charge on any atom is 0.252 e. The van der Waals surface area contributed by atoms with Crippen molar-refractivity contribution in [2.45, 2.75) is 6.54 Å². The number of aliphatic hydroxyl groups is 1. The Bertz CT molecular complexity index is 840. The molecule has 0 bridgehead atoms. The number of hydrogen-bond acceptors (Lipinski definition) is 3. The molecule has 0 saturated heterocycles. The Labute approximate surface area is 140 Å². The van der Waals surface area contributed by atoms with Gasteiger partial charge in [-0.2, -0.15) is 0 Å². The van der Waals surface area contributed by atoms with Gasteiger partial charge in [-0.3, -0.25) is 4.79 Å². The summed E-state index contributed by atoms with van der Waals surface area (Å²) in [5, 5.41) is 13.8. The Kier molecular flexibility index (Phi) is 5.08. The molecule has 0 radical (unpaired) electrons. The molecule has 1 amide bonds. The quantitative estimate of drug-likeness (QED) is 0.733. The number of nitrogens with one attached hydrogen (secondary N) is 1. The molecule has 0 atom stereocenters. The first-order valence-electron chi connectivity index (χ1n) is 7.87. The normalized spacial score (nSPS) is 10.5. The van der Waals surface area contributed by atoms with Crippen molar-refractivity contribution in [3.05, 3.63) is 77.9 Å². The lowest BCUT2D eigenvalue weighted by molar-refractivity contribution is 0.0952. The molecule has 0 aliphatic heterocycles. The van der Waals surface area contributed by atoms with Crippen LogP contribution in [-0.2, 0) is 6.54 Å². The molecule has 0 saturated carbocycles. The number of para-hydroxylation sites is 1. The molecule has 24 heavy (non-hydrogen) atoms. The number of benzene rings is 3. The molecule has 0 aliphatic carbocycles. The van der Waals surface area contributed by atoms with Gasteiger partial charge in [0, 0.05) is 17.7 Å². The Morgan fingerprint density at radius 1 is 0.958 bits per heavy atom. The van der Waals surface area contributed by atoms with E-state index >= 15 is 0 Å². The van der Waals surface area contributed by atoms with Crippen molar-refractivity contribution in [2.75, 3.05) is 13.2 Å². The number of carbonyl (C=O) groups is 1. The number of ether oxygens (including phenoxy) is 1. The van der Waals surface area contributed by atoms with Crippen molar-refractivity contribution in [1.82, 2.24) is 5.32 Å². The van der Waals surface area contributed by atoms with Gasteiger partial charge in [-0.25, -0.2) is 0 Å². The van der Waals surface area contributed by atoms with E-state index in [1.807, 2.05) is 66.7 Å². The fourth-order valence-corrected chi connectivity index (χ4v) is 2.64. The summed E-state index contributed by atoms with van der Waals surface area (Å²) in [6.07, 6.45) is 0. The minimum atomic E-state index is -0.122. The van der Waals surface area contributed by atoms with Gasteiger partial charge in [-0.1, -0.05) is 54.6 Å². The lowest BCUT2D eigenvalue weighted by atomic mass is 10.0. The van der Waals surface area contributed by atoms with E-state index in [4.69, 9.17) is 9.84 Å². The van der Waals surface area contributed by atoms with Gasteiger partial charge >= 0.3 is 0 Å². The molecule has 0 aromatic heterocycles. The third kappa shape index (κ3) is 3.55. The molecule has 0 aliphatic rings. The van der Waals surface area contributed by atoms with Crippen LogP contribution in [0.25, 0.3) is 10.8 Å². The molecule has 4 heteroatoms. The third-order valence-electron chi connectivity index (χ3n) is 3.80. The molecule has 4 nitrogen and oxygen atoms in total. The minimum Gasteiger partial charge on any atom is -0.491 e. The zero-order valence-electron chi connectivity index (χ0n) is 13.2. The molecular formula is C20H19NO3. The Balaban J connectivity index is 1.76. The monoisotopic (exact) mass is 321 g/mol. The lowest BCUT2D eigenvalue weighted by Gasteiger charge is -2.12. The molecule has 3 aromatic carbocycles. The van der Waals surface area contributed by atoms with E-state index in [1.54, 1.807) is 0 Å². The van der Waals surface area contributed by atoms with Gasteiger partial charge in [-0.15, -0.1) is 0 Å². The summed E-state index contributed by atoms with van der Waals surface area (Å²) in [5.41, 5.74) is 1.53. The largest absolute Gasteiger partial charge is 0.491 e. The Morgan fingerprint density at radius 3 is 2.58 bits per heavy atom. The smallest absolute Gasteiger partial charge is 0.252 e. The van der Waals surface area contributed by atoms with Crippen LogP contribution in [0.3, 0.4) is 0 Å². The predicted octanol–water partition coefficient (Wildman–Crippen LogP) is 3.14. The molecule has 2 N–H and O–H groups in total.